The molecule has 3 rings (SSSR count). The first kappa shape index (κ1) is 11.8. The third-order valence-electron chi connectivity index (χ3n) is 3.26. The molecule has 3 aromatic rings. The van der Waals surface area contributed by atoms with Crippen molar-refractivity contribution in [1.82, 2.24) is 9.55 Å². The van der Waals surface area contributed by atoms with Gasteiger partial charge in [0.05, 0.1) is 11.0 Å². The molecule has 0 saturated heterocycles. The van der Waals surface area contributed by atoms with Crippen molar-refractivity contribution in [2.45, 2.75) is 19.9 Å². The Morgan fingerprint density at radius 1 is 1.05 bits per heavy atom. The van der Waals surface area contributed by atoms with Gasteiger partial charge in [-0.2, -0.15) is 0 Å². The Labute approximate surface area is 112 Å². The Morgan fingerprint density at radius 2 is 1.79 bits per heavy atom. The third-order valence-corrected chi connectivity index (χ3v) is 3.26. The molecule has 2 N–H and O–H groups in total. The monoisotopic (exact) mass is 251 g/mol. The van der Waals surface area contributed by atoms with Crippen LogP contribution in [0.5, 0.6) is 0 Å². The van der Waals surface area contributed by atoms with Gasteiger partial charge >= 0.3 is 0 Å². The average Bonchev–Trinajstić information content (AvgIpc) is 2.78. The zero-order valence-corrected chi connectivity index (χ0v) is 11.2. The molecule has 96 valence electrons. The van der Waals surface area contributed by atoms with Gasteiger partial charge < -0.3 is 10.3 Å². The van der Waals surface area contributed by atoms with Crippen molar-refractivity contribution in [2.24, 2.45) is 0 Å². The van der Waals surface area contributed by atoms with Crippen LogP contribution in [-0.2, 0) is 0 Å². The molecular formula is C16H17N3. The summed E-state index contributed by atoms with van der Waals surface area (Å²) >= 11 is 0. The molecule has 3 heteroatoms. The van der Waals surface area contributed by atoms with Crippen LogP contribution < -0.4 is 5.73 Å². The second-order valence-corrected chi connectivity index (χ2v) is 5.01. The molecule has 0 radical (unpaired) electrons. The molecule has 19 heavy (non-hydrogen) atoms. The summed E-state index contributed by atoms with van der Waals surface area (Å²) in [5.74, 6) is 0.996. The number of nitrogen functional groups attached to an aromatic ring is 1. The molecule has 0 bridgehead atoms. The summed E-state index contributed by atoms with van der Waals surface area (Å²) in [5.41, 5.74) is 9.81. The molecular weight excluding hydrogens is 234 g/mol. The summed E-state index contributed by atoms with van der Waals surface area (Å²) in [6.07, 6.45) is 0. The molecule has 3 nitrogen and oxygen atoms in total. The molecule has 0 spiro atoms. The van der Waals surface area contributed by atoms with Crippen molar-refractivity contribution in [1.29, 1.82) is 0 Å². The van der Waals surface area contributed by atoms with Crippen LogP contribution in [0.25, 0.3) is 22.4 Å². The number of nitrogens with two attached hydrogens (primary N) is 1. The maximum absolute atomic E-state index is 5.85. The van der Waals surface area contributed by atoms with Gasteiger partial charge in [-0.25, -0.2) is 4.98 Å². The molecule has 0 amide bonds. The van der Waals surface area contributed by atoms with Crippen LogP contribution in [0.15, 0.2) is 48.5 Å². The van der Waals surface area contributed by atoms with E-state index in [2.05, 4.69) is 30.5 Å². The van der Waals surface area contributed by atoms with Gasteiger partial charge in [0.2, 0.25) is 0 Å². The number of hydrogen-bond donors (Lipinski definition) is 1. The average molecular weight is 251 g/mol. The Morgan fingerprint density at radius 3 is 2.47 bits per heavy atom. The fraction of sp³-hybridized carbons (Fsp3) is 0.188. The van der Waals surface area contributed by atoms with Gasteiger partial charge in [0.25, 0.3) is 0 Å². The summed E-state index contributed by atoms with van der Waals surface area (Å²) in [6.45, 7) is 4.34. The summed E-state index contributed by atoms with van der Waals surface area (Å²) in [5, 5.41) is 0. The lowest BCUT2D eigenvalue weighted by Gasteiger charge is -2.13. The van der Waals surface area contributed by atoms with Crippen LogP contribution in [0, 0.1) is 0 Å². The lowest BCUT2D eigenvalue weighted by molar-refractivity contribution is 0.624. The van der Waals surface area contributed by atoms with Gasteiger partial charge in [-0.15, -0.1) is 0 Å². The minimum absolute atomic E-state index is 0.351. The topological polar surface area (TPSA) is 43.8 Å². The number of nitrogens with zero attached hydrogens (tertiary/aromatic N) is 2. The highest BCUT2D eigenvalue weighted by atomic mass is 15.1. The largest absolute Gasteiger partial charge is 0.399 e. The van der Waals surface area contributed by atoms with Crippen molar-refractivity contribution in [2.75, 3.05) is 5.73 Å². The van der Waals surface area contributed by atoms with E-state index in [4.69, 9.17) is 10.7 Å². The number of imidazole rings is 1. The second-order valence-electron chi connectivity index (χ2n) is 5.01. The molecule has 0 aliphatic rings. The molecule has 1 aromatic heterocycles. The van der Waals surface area contributed by atoms with E-state index in [1.54, 1.807) is 0 Å². The van der Waals surface area contributed by atoms with Crippen molar-refractivity contribution in [3.8, 4) is 11.4 Å². The minimum atomic E-state index is 0.351. The minimum Gasteiger partial charge on any atom is -0.399 e. The van der Waals surface area contributed by atoms with E-state index in [-0.39, 0.29) is 0 Å². The summed E-state index contributed by atoms with van der Waals surface area (Å²) in [6, 6.07) is 16.5. The highest BCUT2D eigenvalue weighted by Crippen LogP contribution is 2.29. The van der Waals surface area contributed by atoms with Gasteiger partial charge in [0.15, 0.2) is 0 Å². The summed E-state index contributed by atoms with van der Waals surface area (Å²) in [4.78, 5) is 4.75. The smallest absolute Gasteiger partial charge is 0.141 e. The standard InChI is InChI=1S/C16H17N3/c1-11(2)19-15-9-8-13(17)10-14(15)18-16(19)12-6-4-3-5-7-12/h3-11H,17H2,1-2H3. The SMILES string of the molecule is CC(C)n1c(-c2ccccc2)nc2cc(N)ccc21. The van der Waals surface area contributed by atoms with E-state index in [0.717, 1.165) is 28.1 Å². The Balaban J connectivity index is 2.32. The fourth-order valence-corrected chi connectivity index (χ4v) is 2.43. The van der Waals surface area contributed by atoms with E-state index >= 15 is 0 Å². The lowest BCUT2D eigenvalue weighted by atomic mass is 10.2. The lowest BCUT2D eigenvalue weighted by Crippen LogP contribution is -2.02. The van der Waals surface area contributed by atoms with Crippen LogP contribution in [0.1, 0.15) is 19.9 Å². The van der Waals surface area contributed by atoms with Crippen LogP contribution >= 0.6 is 0 Å². The van der Waals surface area contributed by atoms with Crippen molar-refractivity contribution >= 4 is 16.7 Å². The first-order valence-electron chi connectivity index (χ1n) is 6.49. The van der Waals surface area contributed by atoms with E-state index in [9.17, 15) is 0 Å². The highest BCUT2D eigenvalue weighted by Gasteiger charge is 2.14. The number of rotatable bonds is 2. The molecule has 0 fully saturated rings. The van der Waals surface area contributed by atoms with Crippen LogP contribution in [-0.4, -0.2) is 9.55 Å². The van der Waals surface area contributed by atoms with Gasteiger partial charge in [0, 0.05) is 17.3 Å². The molecule has 2 aromatic carbocycles. The van der Waals surface area contributed by atoms with Crippen molar-refractivity contribution in [3.63, 3.8) is 0 Å². The van der Waals surface area contributed by atoms with Gasteiger partial charge in [0.1, 0.15) is 5.82 Å². The number of benzene rings is 2. The van der Waals surface area contributed by atoms with Gasteiger partial charge in [-0.3, -0.25) is 0 Å². The first-order valence-corrected chi connectivity index (χ1v) is 6.49. The molecule has 0 aliphatic carbocycles. The van der Waals surface area contributed by atoms with E-state index in [0.29, 0.717) is 6.04 Å². The van der Waals surface area contributed by atoms with E-state index in [1.165, 1.54) is 0 Å². The highest BCUT2D eigenvalue weighted by molar-refractivity contribution is 5.83. The van der Waals surface area contributed by atoms with Gasteiger partial charge in [-0.1, -0.05) is 30.3 Å². The predicted molar refractivity (Wildman–Crippen MR) is 80.0 cm³/mol. The zero-order valence-electron chi connectivity index (χ0n) is 11.2. The van der Waals surface area contributed by atoms with Crippen molar-refractivity contribution in [3.05, 3.63) is 48.5 Å². The molecule has 0 unspecified atom stereocenters. The zero-order chi connectivity index (χ0) is 13.4. The van der Waals surface area contributed by atoms with E-state index < -0.39 is 0 Å². The number of fused-ring (bicyclic) bond motifs is 1. The number of hydrogen-bond acceptors (Lipinski definition) is 2. The summed E-state index contributed by atoms with van der Waals surface area (Å²) in [7, 11) is 0. The second kappa shape index (κ2) is 4.43. The van der Waals surface area contributed by atoms with Crippen LogP contribution in [0.3, 0.4) is 0 Å². The Kier molecular flexibility index (Phi) is 2.75. The van der Waals surface area contributed by atoms with Crippen LogP contribution in [0.4, 0.5) is 5.69 Å². The normalized spacial score (nSPS) is 11.3. The molecule has 1 heterocycles. The third kappa shape index (κ3) is 1.97. The number of anilines is 1. The molecule has 0 atom stereocenters. The maximum atomic E-state index is 5.85. The van der Waals surface area contributed by atoms with Crippen LogP contribution in [0.2, 0.25) is 0 Å². The quantitative estimate of drug-likeness (QED) is 0.703. The van der Waals surface area contributed by atoms with E-state index in [1.807, 2.05) is 36.4 Å². The Hall–Kier alpha value is -2.29. The van der Waals surface area contributed by atoms with Gasteiger partial charge in [-0.05, 0) is 32.0 Å². The first-order chi connectivity index (χ1) is 9.16. The number of aromatic nitrogens is 2. The molecule has 0 saturated carbocycles. The maximum Gasteiger partial charge on any atom is 0.141 e. The predicted octanol–water partition coefficient (Wildman–Crippen LogP) is 3.87. The fourth-order valence-electron chi connectivity index (χ4n) is 2.43. The molecule has 0 aliphatic heterocycles. The summed E-state index contributed by atoms with van der Waals surface area (Å²) < 4.78 is 2.25. The Bertz CT molecular complexity index is 711. The van der Waals surface area contributed by atoms with Crippen molar-refractivity contribution < 1.29 is 0 Å².